The van der Waals surface area contributed by atoms with Crippen LogP contribution in [-0.2, 0) is 6.54 Å². The van der Waals surface area contributed by atoms with Crippen LogP contribution in [0.5, 0.6) is 11.5 Å². The van der Waals surface area contributed by atoms with Gasteiger partial charge in [-0.25, -0.2) is 4.98 Å². The number of aromatic nitrogens is 1. The van der Waals surface area contributed by atoms with Gasteiger partial charge in [0.1, 0.15) is 17.2 Å². The third-order valence-corrected chi connectivity index (χ3v) is 2.64. The second-order valence-corrected chi connectivity index (χ2v) is 3.72. The number of nitrogens with one attached hydrogen (secondary N) is 1. The first kappa shape index (κ1) is 12.4. The second kappa shape index (κ2) is 5.55. The molecule has 0 aliphatic carbocycles. The molecule has 18 heavy (non-hydrogen) atoms. The second-order valence-electron chi connectivity index (χ2n) is 3.72. The zero-order valence-electron chi connectivity index (χ0n) is 10.7. The minimum absolute atomic E-state index is 0.631. The van der Waals surface area contributed by atoms with Crippen LogP contribution in [0.2, 0.25) is 0 Å². The monoisotopic (exact) mass is 248 g/mol. The van der Waals surface area contributed by atoms with Crippen LogP contribution in [-0.4, -0.2) is 26.3 Å². The highest BCUT2D eigenvalue weighted by atomic mass is 16.5. The third kappa shape index (κ3) is 2.31. The van der Waals surface area contributed by atoms with Gasteiger partial charge >= 0.3 is 0 Å². The maximum Gasteiger partial charge on any atom is 0.181 e. The first-order valence-electron chi connectivity index (χ1n) is 5.59. The molecule has 0 spiro atoms. The van der Waals surface area contributed by atoms with Crippen molar-refractivity contribution in [2.24, 2.45) is 0 Å². The summed E-state index contributed by atoms with van der Waals surface area (Å²) in [6, 6.07) is 5.56. The van der Waals surface area contributed by atoms with Crippen LogP contribution in [0.1, 0.15) is 5.69 Å². The third-order valence-electron chi connectivity index (χ3n) is 2.64. The van der Waals surface area contributed by atoms with E-state index in [-0.39, 0.29) is 0 Å². The molecule has 0 saturated carbocycles. The number of nitrogens with zero attached hydrogens (tertiary/aromatic N) is 1. The van der Waals surface area contributed by atoms with E-state index in [4.69, 9.17) is 13.9 Å². The number of ether oxygens (including phenoxy) is 2. The molecule has 0 aliphatic rings. The lowest BCUT2D eigenvalue weighted by Gasteiger charge is -2.09. The highest BCUT2D eigenvalue weighted by Crippen LogP contribution is 2.35. The van der Waals surface area contributed by atoms with Gasteiger partial charge in [-0.05, 0) is 25.2 Å². The Labute approximate surface area is 106 Å². The molecule has 1 N–H and O–H groups in total. The van der Waals surface area contributed by atoms with Gasteiger partial charge in [-0.1, -0.05) is 0 Å². The van der Waals surface area contributed by atoms with E-state index in [0.717, 1.165) is 22.8 Å². The fourth-order valence-corrected chi connectivity index (χ4v) is 1.77. The SMILES string of the molecule is CNCc1ncoc1-c1cc(OC)ccc1OC. The first-order valence-corrected chi connectivity index (χ1v) is 5.59. The highest BCUT2D eigenvalue weighted by molar-refractivity contribution is 5.69. The zero-order valence-corrected chi connectivity index (χ0v) is 10.7. The topological polar surface area (TPSA) is 56.5 Å². The summed E-state index contributed by atoms with van der Waals surface area (Å²) in [6.07, 6.45) is 1.43. The lowest BCUT2D eigenvalue weighted by atomic mass is 10.1. The molecule has 0 unspecified atom stereocenters. The van der Waals surface area contributed by atoms with E-state index in [0.29, 0.717) is 12.3 Å². The molecule has 1 aromatic heterocycles. The Morgan fingerprint density at radius 3 is 2.78 bits per heavy atom. The summed E-state index contributed by atoms with van der Waals surface area (Å²) in [6.45, 7) is 0.631. The Bertz CT molecular complexity index is 523. The molecule has 0 amide bonds. The van der Waals surface area contributed by atoms with Gasteiger partial charge in [0.2, 0.25) is 0 Å². The van der Waals surface area contributed by atoms with E-state index in [1.807, 2.05) is 25.2 Å². The van der Waals surface area contributed by atoms with Crippen LogP contribution < -0.4 is 14.8 Å². The summed E-state index contributed by atoms with van der Waals surface area (Å²) in [5.41, 5.74) is 1.67. The summed E-state index contributed by atoms with van der Waals surface area (Å²) in [5, 5.41) is 3.05. The van der Waals surface area contributed by atoms with E-state index in [1.165, 1.54) is 6.39 Å². The Morgan fingerprint density at radius 2 is 2.11 bits per heavy atom. The van der Waals surface area contributed by atoms with Gasteiger partial charge in [-0.15, -0.1) is 0 Å². The summed E-state index contributed by atoms with van der Waals surface area (Å²) < 4.78 is 16.0. The molecular formula is C13H16N2O3. The van der Waals surface area contributed by atoms with Gasteiger partial charge in [0.05, 0.1) is 19.8 Å². The summed E-state index contributed by atoms with van der Waals surface area (Å²) in [7, 11) is 5.11. The largest absolute Gasteiger partial charge is 0.497 e. The molecule has 2 rings (SSSR count). The molecule has 1 heterocycles. The minimum atomic E-state index is 0.631. The first-order chi connectivity index (χ1) is 8.80. The van der Waals surface area contributed by atoms with Gasteiger partial charge in [-0.3, -0.25) is 0 Å². The van der Waals surface area contributed by atoms with Crippen molar-refractivity contribution in [1.82, 2.24) is 10.3 Å². The molecule has 0 bridgehead atoms. The Hall–Kier alpha value is -2.01. The van der Waals surface area contributed by atoms with Gasteiger partial charge in [0, 0.05) is 6.54 Å². The van der Waals surface area contributed by atoms with Gasteiger partial charge in [0.15, 0.2) is 12.2 Å². The van der Waals surface area contributed by atoms with E-state index in [2.05, 4.69) is 10.3 Å². The molecule has 0 radical (unpaired) electrons. The van der Waals surface area contributed by atoms with E-state index < -0.39 is 0 Å². The standard InChI is InChI=1S/C13H16N2O3/c1-14-7-11-13(18-8-15-11)10-6-9(16-2)4-5-12(10)17-3/h4-6,8,14H,7H2,1-3H3. The zero-order chi connectivity index (χ0) is 13.0. The maximum atomic E-state index is 5.46. The summed E-state index contributed by atoms with van der Waals surface area (Å²) >= 11 is 0. The molecule has 5 nitrogen and oxygen atoms in total. The maximum absolute atomic E-state index is 5.46. The molecule has 0 atom stereocenters. The predicted molar refractivity (Wildman–Crippen MR) is 67.8 cm³/mol. The fourth-order valence-electron chi connectivity index (χ4n) is 1.77. The van der Waals surface area contributed by atoms with Gasteiger partial charge < -0.3 is 19.2 Å². The van der Waals surface area contributed by atoms with Crippen molar-refractivity contribution in [2.45, 2.75) is 6.54 Å². The van der Waals surface area contributed by atoms with E-state index >= 15 is 0 Å². The van der Waals surface area contributed by atoms with Crippen LogP contribution >= 0.6 is 0 Å². The lowest BCUT2D eigenvalue weighted by molar-refractivity contribution is 0.403. The van der Waals surface area contributed by atoms with E-state index in [9.17, 15) is 0 Å². The van der Waals surface area contributed by atoms with Crippen LogP contribution in [0.3, 0.4) is 0 Å². The van der Waals surface area contributed by atoms with Crippen molar-refractivity contribution >= 4 is 0 Å². The summed E-state index contributed by atoms with van der Waals surface area (Å²) in [5.74, 6) is 2.17. The Morgan fingerprint density at radius 1 is 1.28 bits per heavy atom. The number of hydrogen-bond donors (Lipinski definition) is 1. The minimum Gasteiger partial charge on any atom is -0.497 e. The Kier molecular flexibility index (Phi) is 3.84. The molecule has 1 aromatic carbocycles. The van der Waals surface area contributed by atoms with Crippen molar-refractivity contribution in [1.29, 1.82) is 0 Å². The fraction of sp³-hybridized carbons (Fsp3) is 0.308. The molecule has 0 saturated heterocycles. The number of methoxy groups -OCH3 is 2. The van der Waals surface area contributed by atoms with Crippen LogP contribution in [0, 0.1) is 0 Å². The molecule has 2 aromatic rings. The Balaban J connectivity index is 2.50. The normalized spacial score (nSPS) is 10.4. The van der Waals surface area contributed by atoms with Crippen LogP contribution in [0.15, 0.2) is 29.0 Å². The number of benzene rings is 1. The molecular weight excluding hydrogens is 232 g/mol. The van der Waals surface area contributed by atoms with Gasteiger partial charge in [-0.2, -0.15) is 0 Å². The smallest absolute Gasteiger partial charge is 0.181 e. The number of hydrogen-bond acceptors (Lipinski definition) is 5. The average molecular weight is 248 g/mol. The van der Waals surface area contributed by atoms with Crippen molar-refractivity contribution in [2.75, 3.05) is 21.3 Å². The number of rotatable bonds is 5. The van der Waals surface area contributed by atoms with Crippen LogP contribution in [0.4, 0.5) is 0 Å². The van der Waals surface area contributed by atoms with Crippen LogP contribution in [0.25, 0.3) is 11.3 Å². The number of oxazole rings is 1. The highest BCUT2D eigenvalue weighted by Gasteiger charge is 2.15. The molecule has 5 heteroatoms. The summed E-state index contributed by atoms with van der Waals surface area (Å²) in [4.78, 5) is 4.19. The quantitative estimate of drug-likeness (QED) is 0.878. The average Bonchev–Trinajstić information content (AvgIpc) is 2.86. The van der Waals surface area contributed by atoms with Crippen molar-refractivity contribution in [3.8, 4) is 22.8 Å². The van der Waals surface area contributed by atoms with Crippen molar-refractivity contribution in [3.63, 3.8) is 0 Å². The molecule has 96 valence electrons. The molecule has 0 fully saturated rings. The molecule has 0 aliphatic heterocycles. The van der Waals surface area contributed by atoms with E-state index in [1.54, 1.807) is 14.2 Å². The van der Waals surface area contributed by atoms with Crippen molar-refractivity contribution in [3.05, 3.63) is 30.3 Å². The van der Waals surface area contributed by atoms with Crippen molar-refractivity contribution < 1.29 is 13.9 Å². The lowest BCUT2D eigenvalue weighted by Crippen LogP contribution is -2.06. The predicted octanol–water partition coefficient (Wildman–Crippen LogP) is 2.08. The van der Waals surface area contributed by atoms with Gasteiger partial charge in [0.25, 0.3) is 0 Å².